The number of nitrogens with zero attached hydrogens (tertiary/aromatic N) is 2. The third-order valence-electron chi connectivity index (χ3n) is 3.28. The molecule has 0 bridgehead atoms. The summed E-state index contributed by atoms with van der Waals surface area (Å²) in [4.78, 5) is 34.5. The van der Waals surface area contributed by atoms with Gasteiger partial charge in [0.1, 0.15) is 12.6 Å². The Morgan fingerprint density at radius 1 is 1.36 bits per heavy atom. The molecule has 136 valence electrons. The molecule has 25 heavy (non-hydrogen) atoms. The van der Waals surface area contributed by atoms with Crippen LogP contribution in [0, 0.1) is 0 Å². The second-order valence-electron chi connectivity index (χ2n) is 4.88. The highest BCUT2D eigenvalue weighted by Gasteiger charge is 2.26. The Labute approximate surface area is 155 Å². The molecule has 1 aliphatic rings. The number of nitrogens with one attached hydrogen (secondary N) is 1. The first-order chi connectivity index (χ1) is 11.8. The predicted molar refractivity (Wildman–Crippen MR) is 100 cm³/mol. The monoisotopic (exact) mass is 385 g/mol. The number of carboxylic acids is 1. The van der Waals surface area contributed by atoms with Gasteiger partial charge in [0, 0.05) is 18.0 Å². The predicted octanol–water partition coefficient (Wildman–Crippen LogP) is 1.28. The Hall–Kier alpha value is -2.33. The molecule has 10 heteroatoms. The molecule has 1 heterocycles. The molecular formula is C15H19N3O5S2. The lowest BCUT2D eigenvalue weighted by atomic mass is 10.3. The molecule has 0 radical (unpaired) electrons. The fraction of sp³-hybridized carbons (Fsp3) is 0.333. The maximum Gasteiger partial charge on any atom is 0.408 e. The van der Waals surface area contributed by atoms with Gasteiger partial charge in [0.25, 0.3) is 0 Å². The van der Waals surface area contributed by atoms with E-state index in [9.17, 15) is 14.4 Å². The standard InChI is InChI=1S/C9H8N2OS.C6H11NO4S/c12-8-6-11(9(13)10-8)7-4-2-1-3-5-7;1-2-7(6(10)11)4(3-12)5(8)9/h1-5H,6H2,(H,10,12,13);4,12H,2-3H2,1H3,(H,8,9)(H,10,11)/t;4-/m.0/s1. The molecule has 8 nitrogen and oxygen atoms in total. The number of aliphatic carboxylic acids is 1. The lowest BCUT2D eigenvalue weighted by molar-refractivity contribution is -0.141. The SMILES string of the molecule is CCN(C(=O)O)[C@@H](CS)C(=O)O.O=C1CN(c2ccccc2)C(=S)N1. The van der Waals surface area contributed by atoms with E-state index in [0.29, 0.717) is 11.7 Å². The summed E-state index contributed by atoms with van der Waals surface area (Å²) in [5.74, 6) is -1.24. The summed E-state index contributed by atoms with van der Waals surface area (Å²) in [6.45, 7) is 2.04. The minimum atomic E-state index is -1.24. The van der Waals surface area contributed by atoms with Crippen molar-refractivity contribution in [2.24, 2.45) is 0 Å². The van der Waals surface area contributed by atoms with Gasteiger partial charge in [0.2, 0.25) is 5.91 Å². The zero-order valence-electron chi connectivity index (χ0n) is 13.5. The van der Waals surface area contributed by atoms with Crippen LogP contribution in [-0.4, -0.2) is 63.1 Å². The second-order valence-corrected chi connectivity index (χ2v) is 5.63. The number of benzene rings is 1. The normalized spacial score (nSPS) is 14.2. The molecule has 1 saturated heterocycles. The maximum absolute atomic E-state index is 11.0. The number of para-hydroxylation sites is 1. The topological polar surface area (TPSA) is 110 Å². The van der Waals surface area contributed by atoms with E-state index >= 15 is 0 Å². The maximum atomic E-state index is 11.0. The summed E-state index contributed by atoms with van der Waals surface area (Å²) in [6, 6.07) is 8.55. The highest BCUT2D eigenvalue weighted by Crippen LogP contribution is 2.15. The van der Waals surface area contributed by atoms with Gasteiger partial charge in [-0.05, 0) is 31.3 Å². The molecule has 0 aliphatic carbocycles. The average Bonchev–Trinajstić information content (AvgIpc) is 2.91. The van der Waals surface area contributed by atoms with Crippen LogP contribution in [0.1, 0.15) is 6.92 Å². The van der Waals surface area contributed by atoms with Gasteiger partial charge in [-0.3, -0.25) is 9.69 Å². The lowest BCUT2D eigenvalue weighted by Crippen LogP contribution is -2.45. The number of rotatable bonds is 5. The quantitative estimate of drug-likeness (QED) is 0.446. The molecule has 1 aromatic rings. The summed E-state index contributed by atoms with van der Waals surface area (Å²) in [5, 5.41) is 20.2. The molecule has 2 amide bonds. The van der Waals surface area contributed by atoms with E-state index in [4.69, 9.17) is 22.4 Å². The van der Waals surface area contributed by atoms with Gasteiger partial charge in [-0.25, -0.2) is 9.59 Å². The van der Waals surface area contributed by atoms with Crippen molar-refractivity contribution in [3.05, 3.63) is 30.3 Å². The Morgan fingerprint density at radius 2 is 1.96 bits per heavy atom. The fourth-order valence-electron chi connectivity index (χ4n) is 2.06. The van der Waals surface area contributed by atoms with Gasteiger partial charge >= 0.3 is 12.1 Å². The van der Waals surface area contributed by atoms with Crippen molar-refractivity contribution >= 4 is 53.6 Å². The Balaban J connectivity index is 0.000000252. The number of amides is 2. The van der Waals surface area contributed by atoms with Gasteiger partial charge in [-0.1, -0.05) is 18.2 Å². The minimum absolute atomic E-state index is 0.0184. The number of likely N-dealkylation sites (N-methyl/N-ethyl adjacent to an activating group) is 1. The molecule has 1 aromatic carbocycles. The minimum Gasteiger partial charge on any atom is -0.480 e. The number of thiocarbonyl (C=S) groups is 1. The van der Waals surface area contributed by atoms with E-state index in [-0.39, 0.29) is 18.2 Å². The first kappa shape index (κ1) is 20.7. The Morgan fingerprint density at radius 3 is 2.28 bits per heavy atom. The number of hydrogen-bond donors (Lipinski definition) is 4. The van der Waals surface area contributed by atoms with Gasteiger partial charge in [-0.2, -0.15) is 12.6 Å². The smallest absolute Gasteiger partial charge is 0.408 e. The van der Waals surface area contributed by atoms with Crippen molar-refractivity contribution in [3.63, 3.8) is 0 Å². The van der Waals surface area contributed by atoms with Crippen LogP contribution < -0.4 is 10.2 Å². The number of carbonyl (C=O) groups excluding carboxylic acids is 1. The van der Waals surface area contributed by atoms with Crippen LogP contribution in [0.4, 0.5) is 10.5 Å². The largest absolute Gasteiger partial charge is 0.480 e. The molecule has 1 fully saturated rings. The molecule has 2 rings (SSSR count). The third kappa shape index (κ3) is 5.91. The van der Waals surface area contributed by atoms with Crippen molar-refractivity contribution in [2.75, 3.05) is 23.7 Å². The lowest BCUT2D eigenvalue weighted by Gasteiger charge is -2.22. The number of hydrogen-bond acceptors (Lipinski definition) is 5. The molecule has 0 spiro atoms. The van der Waals surface area contributed by atoms with Crippen molar-refractivity contribution in [1.82, 2.24) is 10.2 Å². The number of carboxylic acid groups (broad SMARTS) is 2. The summed E-state index contributed by atoms with van der Waals surface area (Å²) in [6.07, 6.45) is -1.24. The summed E-state index contributed by atoms with van der Waals surface area (Å²) in [5.41, 5.74) is 0.950. The second kappa shape index (κ2) is 9.84. The Kier molecular flexibility index (Phi) is 8.16. The zero-order chi connectivity index (χ0) is 19.0. The molecule has 0 saturated carbocycles. The van der Waals surface area contributed by atoms with Crippen LogP contribution in [0.5, 0.6) is 0 Å². The van der Waals surface area contributed by atoms with Crippen LogP contribution in [-0.2, 0) is 9.59 Å². The highest BCUT2D eigenvalue weighted by atomic mass is 32.1. The molecule has 1 atom stereocenters. The first-order valence-corrected chi connectivity index (χ1v) is 8.35. The van der Waals surface area contributed by atoms with E-state index in [2.05, 4.69) is 17.9 Å². The van der Waals surface area contributed by atoms with Crippen LogP contribution >= 0.6 is 24.8 Å². The van der Waals surface area contributed by atoms with Crippen molar-refractivity contribution < 1.29 is 24.6 Å². The van der Waals surface area contributed by atoms with Crippen molar-refractivity contribution in [1.29, 1.82) is 0 Å². The van der Waals surface area contributed by atoms with Gasteiger partial charge in [0.05, 0.1) is 0 Å². The van der Waals surface area contributed by atoms with Gasteiger partial charge in [-0.15, -0.1) is 0 Å². The number of anilines is 1. The van der Waals surface area contributed by atoms with E-state index < -0.39 is 18.1 Å². The summed E-state index contributed by atoms with van der Waals surface area (Å²) in [7, 11) is 0. The van der Waals surface area contributed by atoms with E-state index in [1.54, 1.807) is 11.8 Å². The summed E-state index contributed by atoms with van der Waals surface area (Å²) < 4.78 is 0. The van der Waals surface area contributed by atoms with Crippen LogP contribution in [0.3, 0.4) is 0 Å². The van der Waals surface area contributed by atoms with E-state index in [1.165, 1.54) is 0 Å². The fourth-order valence-corrected chi connectivity index (χ4v) is 2.69. The highest BCUT2D eigenvalue weighted by molar-refractivity contribution is 7.80. The summed E-state index contributed by atoms with van der Waals surface area (Å²) >= 11 is 8.75. The molecule has 3 N–H and O–H groups in total. The Bertz CT molecular complexity index is 621. The zero-order valence-corrected chi connectivity index (χ0v) is 15.2. The van der Waals surface area contributed by atoms with Gasteiger partial charge in [0.15, 0.2) is 5.11 Å². The van der Waals surface area contributed by atoms with E-state index in [1.807, 2.05) is 30.3 Å². The first-order valence-electron chi connectivity index (χ1n) is 7.31. The number of carbonyl (C=O) groups is 3. The van der Waals surface area contributed by atoms with Crippen LogP contribution in [0.25, 0.3) is 0 Å². The number of thiol groups is 1. The molecular weight excluding hydrogens is 366 g/mol. The average molecular weight is 385 g/mol. The third-order valence-corrected chi connectivity index (χ3v) is 3.95. The van der Waals surface area contributed by atoms with E-state index in [0.717, 1.165) is 10.6 Å². The molecule has 1 aliphatic heterocycles. The van der Waals surface area contributed by atoms with Crippen molar-refractivity contribution in [3.8, 4) is 0 Å². The molecule has 0 aromatic heterocycles. The van der Waals surface area contributed by atoms with Crippen LogP contribution in [0.2, 0.25) is 0 Å². The van der Waals surface area contributed by atoms with Crippen LogP contribution in [0.15, 0.2) is 30.3 Å². The van der Waals surface area contributed by atoms with Gasteiger partial charge < -0.3 is 20.4 Å². The van der Waals surface area contributed by atoms with Crippen molar-refractivity contribution in [2.45, 2.75) is 13.0 Å². The molecule has 0 unspecified atom stereocenters.